The predicted octanol–water partition coefficient (Wildman–Crippen LogP) is 13.4. The molecule has 10 rings (SSSR count). The minimum Gasteiger partial charge on any atom is -0.456 e. The monoisotopic (exact) mass is 627 g/mol. The minimum atomic E-state index is 0.872. The molecule has 10 aromatic rings. The molecule has 8 aromatic carbocycles. The van der Waals surface area contributed by atoms with Gasteiger partial charge < -0.3 is 13.7 Å². The second-order valence-corrected chi connectivity index (χ2v) is 12.6. The summed E-state index contributed by atoms with van der Waals surface area (Å²) in [6.07, 6.45) is 0. The van der Waals surface area contributed by atoms with Crippen LogP contribution in [0.5, 0.6) is 0 Å². The number of furan rings is 2. The molecule has 0 aliphatic heterocycles. The van der Waals surface area contributed by atoms with Gasteiger partial charge in [0.05, 0.1) is 0 Å². The molecule has 0 saturated heterocycles. The van der Waals surface area contributed by atoms with Crippen molar-refractivity contribution in [2.24, 2.45) is 0 Å². The zero-order valence-corrected chi connectivity index (χ0v) is 26.5. The van der Waals surface area contributed by atoms with Crippen molar-refractivity contribution in [1.82, 2.24) is 0 Å². The lowest BCUT2D eigenvalue weighted by molar-refractivity contribution is 0.669. The van der Waals surface area contributed by atoms with Crippen LogP contribution in [-0.2, 0) is 0 Å². The molecule has 0 radical (unpaired) electrons. The molecule has 230 valence electrons. The van der Waals surface area contributed by atoms with Crippen molar-refractivity contribution in [1.29, 1.82) is 0 Å². The number of hydrogen-bond acceptors (Lipinski definition) is 3. The van der Waals surface area contributed by atoms with Crippen molar-refractivity contribution in [2.75, 3.05) is 4.90 Å². The standard InChI is InChI=1S/C46H29NO2/c1-2-10-32(11-3-1)38-14-8-15-41-42-28-34(20-26-44(42)49-46(38)41)31-17-21-35(22-18-31)47(36-23-19-30-9-4-5-12-33(30)27-36)37-24-25-40-39-13-6-7-16-43(39)48-45(40)29-37/h1-29H. The molecule has 0 fully saturated rings. The van der Waals surface area contributed by atoms with Crippen LogP contribution in [-0.4, -0.2) is 0 Å². The minimum absolute atomic E-state index is 0.872. The van der Waals surface area contributed by atoms with Crippen LogP contribution < -0.4 is 4.90 Å². The molecule has 0 aliphatic carbocycles. The summed E-state index contributed by atoms with van der Waals surface area (Å²) in [5.74, 6) is 0. The Balaban J connectivity index is 1.07. The average molecular weight is 628 g/mol. The SMILES string of the molecule is c1ccc(-c2cccc3c2oc2ccc(-c4ccc(N(c5ccc6ccccc6c5)c5ccc6c(c5)oc5ccccc56)cc4)cc23)cc1. The molecule has 0 atom stereocenters. The Hall–Kier alpha value is -6.58. The first-order chi connectivity index (χ1) is 24.3. The highest BCUT2D eigenvalue weighted by Gasteiger charge is 2.17. The van der Waals surface area contributed by atoms with Gasteiger partial charge in [0.1, 0.15) is 22.3 Å². The fraction of sp³-hybridized carbons (Fsp3) is 0. The Kier molecular flexibility index (Phi) is 6.18. The van der Waals surface area contributed by atoms with Crippen molar-refractivity contribution in [2.45, 2.75) is 0 Å². The zero-order valence-electron chi connectivity index (χ0n) is 26.5. The van der Waals surface area contributed by atoms with Crippen LogP contribution >= 0.6 is 0 Å². The number of benzene rings is 8. The molecule has 0 spiro atoms. The van der Waals surface area contributed by atoms with Crippen molar-refractivity contribution in [3.05, 3.63) is 176 Å². The molecule has 3 heteroatoms. The Bertz CT molecular complexity index is 2830. The van der Waals surface area contributed by atoms with Gasteiger partial charge >= 0.3 is 0 Å². The summed E-state index contributed by atoms with van der Waals surface area (Å²) in [4.78, 5) is 2.31. The lowest BCUT2D eigenvalue weighted by Crippen LogP contribution is -2.09. The first-order valence-electron chi connectivity index (χ1n) is 16.6. The van der Waals surface area contributed by atoms with Crippen LogP contribution in [0, 0.1) is 0 Å². The molecule has 49 heavy (non-hydrogen) atoms. The summed E-state index contributed by atoms with van der Waals surface area (Å²) in [5.41, 5.74) is 11.3. The zero-order chi connectivity index (χ0) is 32.3. The molecular weight excluding hydrogens is 599 g/mol. The van der Waals surface area contributed by atoms with E-state index in [9.17, 15) is 0 Å². The van der Waals surface area contributed by atoms with E-state index in [-0.39, 0.29) is 0 Å². The second kappa shape index (κ2) is 11.0. The van der Waals surface area contributed by atoms with E-state index in [1.165, 1.54) is 10.8 Å². The van der Waals surface area contributed by atoms with Crippen LogP contribution in [0.15, 0.2) is 185 Å². The molecule has 0 saturated carbocycles. The first kappa shape index (κ1) is 27.5. The molecule has 0 aliphatic rings. The van der Waals surface area contributed by atoms with Crippen LogP contribution in [0.2, 0.25) is 0 Å². The third kappa shape index (κ3) is 4.59. The highest BCUT2D eigenvalue weighted by atomic mass is 16.3. The van der Waals surface area contributed by atoms with E-state index in [4.69, 9.17) is 8.83 Å². The number of hydrogen-bond donors (Lipinski definition) is 0. The van der Waals surface area contributed by atoms with Gasteiger partial charge in [-0.15, -0.1) is 0 Å². The summed E-state index contributed by atoms with van der Waals surface area (Å²) >= 11 is 0. The summed E-state index contributed by atoms with van der Waals surface area (Å²) in [5, 5.41) is 6.90. The Morgan fingerprint density at radius 1 is 0.327 bits per heavy atom. The average Bonchev–Trinajstić information content (AvgIpc) is 3.73. The van der Waals surface area contributed by atoms with E-state index < -0.39 is 0 Å². The van der Waals surface area contributed by atoms with Crippen LogP contribution in [0.25, 0.3) is 76.9 Å². The van der Waals surface area contributed by atoms with E-state index in [0.29, 0.717) is 0 Å². The number of nitrogens with zero attached hydrogens (tertiary/aromatic N) is 1. The maximum Gasteiger partial charge on any atom is 0.143 e. The van der Waals surface area contributed by atoms with Gasteiger partial charge in [0.25, 0.3) is 0 Å². The Morgan fingerprint density at radius 2 is 1.00 bits per heavy atom. The van der Waals surface area contributed by atoms with Gasteiger partial charge in [-0.1, -0.05) is 115 Å². The van der Waals surface area contributed by atoms with Crippen molar-refractivity contribution in [3.63, 3.8) is 0 Å². The lowest BCUT2D eigenvalue weighted by Gasteiger charge is -2.26. The van der Waals surface area contributed by atoms with E-state index in [0.717, 1.165) is 83.2 Å². The lowest BCUT2D eigenvalue weighted by atomic mass is 10.00. The Morgan fingerprint density at radius 3 is 1.90 bits per heavy atom. The third-order valence-corrected chi connectivity index (χ3v) is 9.65. The van der Waals surface area contributed by atoms with Crippen LogP contribution in [0.1, 0.15) is 0 Å². The number of fused-ring (bicyclic) bond motifs is 7. The molecule has 0 unspecified atom stereocenters. The van der Waals surface area contributed by atoms with Gasteiger partial charge in [-0.25, -0.2) is 0 Å². The van der Waals surface area contributed by atoms with Gasteiger partial charge in [0.2, 0.25) is 0 Å². The molecule has 2 aromatic heterocycles. The number of para-hydroxylation sites is 2. The largest absolute Gasteiger partial charge is 0.456 e. The summed E-state index contributed by atoms with van der Waals surface area (Å²) in [7, 11) is 0. The number of anilines is 3. The van der Waals surface area contributed by atoms with E-state index >= 15 is 0 Å². The smallest absolute Gasteiger partial charge is 0.143 e. The highest BCUT2D eigenvalue weighted by Crippen LogP contribution is 2.41. The quantitative estimate of drug-likeness (QED) is 0.190. The summed E-state index contributed by atoms with van der Waals surface area (Å²) in [6, 6.07) is 62.0. The van der Waals surface area contributed by atoms with Gasteiger partial charge in [0, 0.05) is 50.2 Å². The molecule has 0 amide bonds. The summed E-state index contributed by atoms with van der Waals surface area (Å²) < 4.78 is 12.8. The molecule has 0 bridgehead atoms. The number of rotatable bonds is 5. The van der Waals surface area contributed by atoms with Gasteiger partial charge in [-0.05, 0) is 82.1 Å². The van der Waals surface area contributed by atoms with E-state index in [1.807, 2.05) is 18.2 Å². The normalized spacial score (nSPS) is 11.7. The maximum atomic E-state index is 6.44. The van der Waals surface area contributed by atoms with Crippen molar-refractivity contribution >= 4 is 71.7 Å². The first-order valence-corrected chi connectivity index (χ1v) is 16.6. The van der Waals surface area contributed by atoms with E-state index in [2.05, 4.69) is 163 Å². The second-order valence-electron chi connectivity index (χ2n) is 12.6. The Labute approximate surface area is 282 Å². The van der Waals surface area contributed by atoms with Gasteiger partial charge in [-0.3, -0.25) is 0 Å². The molecule has 3 nitrogen and oxygen atoms in total. The van der Waals surface area contributed by atoms with E-state index in [1.54, 1.807) is 0 Å². The van der Waals surface area contributed by atoms with Crippen molar-refractivity contribution in [3.8, 4) is 22.3 Å². The van der Waals surface area contributed by atoms with Crippen molar-refractivity contribution < 1.29 is 8.83 Å². The molecule has 2 heterocycles. The van der Waals surface area contributed by atoms with Crippen LogP contribution in [0.3, 0.4) is 0 Å². The third-order valence-electron chi connectivity index (χ3n) is 9.65. The predicted molar refractivity (Wildman–Crippen MR) is 204 cm³/mol. The fourth-order valence-electron chi connectivity index (χ4n) is 7.24. The van der Waals surface area contributed by atoms with Crippen LogP contribution in [0.4, 0.5) is 17.1 Å². The van der Waals surface area contributed by atoms with Gasteiger partial charge in [-0.2, -0.15) is 0 Å². The maximum absolute atomic E-state index is 6.44. The fourth-order valence-corrected chi connectivity index (χ4v) is 7.24. The highest BCUT2D eigenvalue weighted by molar-refractivity contribution is 6.11. The van der Waals surface area contributed by atoms with Gasteiger partial charge in [0.15, 0.2) is 0 Å². The molecular formula is C46H29NO2. The molecule has 0 N–H and O–H groups in total. The topological polar surface area (TPSA) is 29.5 Å². The summed E-state index contributed by atoms with van der Waals surface area (Å²) in [6.45, 7) is 0.